The lowest BCUT2D eigenvalue weighted by molar-refractivity contribution is 0.259. The van der Waals surface area contributed by atoms with Crippen LogP contribution >= 0.6 is 0 Å². The number of allylic oxidation sites excluding steroid dienone is 3. The zero-order valence-corrected chi connectivity index (χ0v) is 12.6. The average molecular weight is 245 g/mol. The van der Waals surface area contributed by atoms with Gasteiger partial charge in [-0.05, 0) is 53.2 Å². The minimum absolute atomic E-state index is 0.518. The van der Waals surface area contributed by atoms with Crippen molar-refractivity contribution in [2.24, 2.45) is 0 Å². The standard InChI is InChI=1S/C17H27N/c1-7-8-14(4)12-17-16(11-13(2)3)15(5)9-10-18(17)6/h7-8,11,17H,1,9-10,12H2,2-6H3. The lowest BCUT2D eigenvalue weighted by Crippen LogP contribution is -2.38. The third-order valence-corrected chi connectivity index (χ3v) is 3.59. The van der Waals surface area contributed by atoms with Crippen molar-refractivity contribution in [2.45, 2.75) is 46.6 Å². The van der Waals surface area contributed by atoms with E-state index < -0.39 is 0 Å². The van der Waals surface area contributed by atoms with Gasteiger partial charge < -0.3 is 0 Å². The first-order valence-electron chi connectivity index (χ1n) is 6.78. The molecule has 0 radical (unpaired) electrons. The smallest absolute Gasteiger partial charge is 0.0381 e. The summed E-state index contributed by atoms with van der Waals surface area (Å²) >= 11 is 0. The van der Waals surface area contributed by atoms with E-state index in [9.17, 15) is 0 Å². The summed E-state index contributed by atoms with van der Waals surface area (Å²) in [6, 6.07) is 0.518. The molecule has 1 rings (SSSR count). The second kappa shape index (κ2) is 6.75. The Hall–Kier alpha value is -1.08. The molecule has 1 unspecified atom stereocenters. The van der Waals surface area contributed by atoms with Crippen molar-refractivity contribution in [3.05, 3.63) is 47.1 Å². The van der Waals surface area contributed by atoms with Crippen LogP contribution in [0.5, 0.6) is 0 Å². The van der Waals surface area contributed by atoms with E-state index in [1.165, 1.54) is 23.1 Å². The molecule has 18 heavy (non-hydrogen) atoms. The predicted octanol–water partition coefficient (Wildman–Crippen LogP) is 4.50. The van der Waals surface area contributed by atoms with Crippen LogP contribution < -0.4 is 0 Å². The maximum Gasteiger partial charge on any atom is 0.0381 e. The molecule has 0 aromatic carbocycles. The summed E-state index contributed by atoms with van der Waals surface area (Å²) in [5.41, 5.74) is 5.84. The third-order valence-electron chi connectivity index (χ3n) is 3.59. The zero-order valence-electron chi connectivity index (χ0n) is 12.6. The van der Waals surface area contributed by atoms with Gasteiger partial charge in [0.05, 0.1) is 0 Å². The molecule has 0 saturated carbocycles. The van der Waals surface area contributed by atoms with E-state index in [4.69, 9.17) is 0 Å². The Morgan fingerprint density at radius 1 is 1.39 bits per heavy atom. The fourth-order valence-corrected chi connectivity index (χ4v) is 2.54. The van der Waals surface area contributed by atoms with Crippen LogP contribution in [-0.2, 0) is 0 Å². The van der Waals surface area contributed by atoms with E-state index in [1.807, 2.05) is 6.08 Å². The highest BCUT2D eigenvalue weighted by Gasteiger charge is 2.24. The normalized spacial score (nSPS) is 22.1. The molecule has 1 atom stereocenters. The highest BCUT2D eigenvalue weighted by Crippen LogP contribution is 2.28. The monoisotopic (exact) mass is 245 g/mol. The number of hydrogen-bond donors (Lipinski definition) is 0. The van der Waals surface area contributed by atoms with Gasteiger partial charge in [0.25, 0.3) is 0 Å². The molecule has 1 aliphatic heterocycles. The Balaban J connectivity index is 3.02. The van der Waals surface area contributed by atoms with Crippen LogP contribution in [0.4, 0.5) is 0 Å². The molecule has 0 amide bonds. The molecular formula is C17H27N. The van der Waals surface area contributed by atoms with Crippen molar-refractivity contribution in [3.63, 3.8) is 0 Å². The Morgan fingerprint density at radius 3 is 2.61 bits per heavy atom. The van der Waals surface area contributed by atoms with Crippen LogP contribution in [0.2, 0.25) is 0 Å². The van der Waals surface area contributed by atoms with E-state index in [-0.39, 0.29) is 0 Å². The van der Waals surface area contributed by atoms with Crippen LogP contribution in [0.1, 0.15) is 40.5 Å². The first-order chi connectivity index (χ1) is 8.45. The third kappa shape index (κ3) is 3.99. The van der Waals surface area contributed by atoms with Gasteiger partial charge in [0.1, 0.15) is 0 Å². The number of hydrogen-bond acceptors (Lipinski definition) is 1. The molecule has 0 aromatic heterocycles. The van der Waals surface area contributed by atoms with Gasteiger partial charge in [-0.2, -0.15) is 0 Å². The summed E-state index contributed by atoms with van der Waals surface area (Å²) in [5.74, 6) is 0. The van der Waals surface area contributed by atoms with E-state index >= 15 is 0 Å². The van der Waals surface area contributed by atoms with E-state index in [0.717, 1.165) is 13.0 Å². The highest BCUT2D eigenvalue weighted by molar-refractivity contribution is 5.35. The summed E-state index contributed by atoms with van der Waals surface area (Å²) in [6.07, 6.45) is 8.65. The molecule has 0 saturated heterocycles. The largest absolute Gasteiger partial charge is 0.299 e. The molecule has 100 valence electrons. The van der Waals surface area contributed by atoms with Crippen LogP contribution in [-0.4, -0.2) is 24.5 Å². The molecule has 1 heteroatoms. The van der Waals surface area contributed by atoms with Crippen LogP contribution in [0, 0.1) is 0 Å². The molecule has 0 aromatic rings. The Bertz CT molecular complexity index is 392. The molecule has 1 nitrogen and oxygen atoms in total. The summed E-state index contributed by atoms with van der Waals surface area (Å²) < 4.78 is 0. The SMILES string of the molecule is C=CC=C(C)CC1C(C=C(C)C)=C(C)CCN1C. The fraction of sp³-hybridized carbons (Fsp3) is 0.529. The predicted molar refractivity (Wildman–Crippen MR) is 81.7 cm³/mol. The van der Waals surface area contributed by atoms with Crippen molar-refractivity contribution in [3.8, 4) is 0 Å². The van der Waals surface area contributed by atoms with Gasteiger partial charge in [-0.15, -0.1) is 0 Å². The van der Waals surface area contributed by atoms with Crippen molar-refractivity contribution >= 4 is 0 Å². The molecule has 1 aliphatic rings. The van der Waals surface area contributed by atoms with Crippen LogP contribution in [0.25, 0.3) is 0 Å². The van der Waals surface area contributed by atoms with Gasteiger partial charge in [0.2, 0.25) is 0 Å². The average Bonchev–Trinajstić information content (AvgIpc) is 2.28. The quantitative estimate of drug-likeness (QED) is 0.659. The minimum atomic E-state index is 0.518. The van der Waals surface area contributed by atoms with Crippen molar-refractivity contribution in [1.29, 1.82) is 0 Å². The van der Waals surface area contributed by atoms with Crippen molar-refractivity contribution < 1.29 is 0 Å². The Kier molecular flexibility index (Phi) is 5.61. The van der Waals surface area contributed by atoms with Gasteiger partial charge >= 0.3 is 0 Å². The van der Waals surface area contributed by atoms with Crippen molar-refractivity contribution in [2.75, 3.05) is 13.6 Å². The first kappa shape index (κ1) is 15.0. The number of nitrogens with zero attached hydrogens (tertiary/aromatic N) is 1. The number of likely N-dealkylation sites (N-methyl/N-ethyl adjacent to an activating group) is 1. The van der Waals surface area contributed by atoms with Crippen LogP contribution in [0.15, 0.2) is 47.1 Å². The van der Waals surface area contributed by atoms with Gasteiger partial charge in [-0.25, -0.2) is 0 Å². The van der Waals surface area contributed by atoms with Crippen LogP contribution in [0.3, 0.4) is 0 Å². The van der Waals surface area contributed by atoms with Gasteiger partial charge in [-0.3, -0.25) is 4.90 Å². The molecule has 1 heterocycles. The maximum absolute atomic E-state index is 3.78. The molecule has 0 bridgehead atoms. The van der Waals surface area contributed by atoms with E-state index in [2.05, 4.69) is 58.4 Å². The first-order valence-corrected chi connectivity index (χ1v) is 6.78. The molecule has 0 N–H and O–H groups in total. The van der Waals surface area contributed by atoms with Gasteiger partial charge in [-0.1, -0.05) is 41.5 Å². The minimum Gasteiger partial charge on any atom is -0.299 e. The summed E-state index contributed by atoms with van der Waals surface area (Å²) in [7, 11) is 2.23. The molecular weight excluding hydrogens is 218 g/mol. The fourth-order valence-electron chi connectivity index (χ4n) is 2.54. The van der Waals surface area contributed by atoms with Crippen molar-refractivity contribution in [1.82, 2.24) is 4.90 Å². The molecule has 0 spiro atoms. The van der Waals surface area contributed by atoms with E-state index in [1.54, 1.807) is 5.57 Å². The number of rotatable bonds is 4. The Morgan fingerprint density at radius 2 is 2.06 bits per heavy atom. The summed E-state index contributed by atoms with van der Waals surface area (Å²) in [6.45, 7) is 13.8. The second-order valence-corrected chi connectivity index (χ2v) is 5.66. The van der Waals surface area contributed by atoms with Gasteiger partial charge in [0, 0.05) is 12.6 Å². The maximum atomic E-state index is 3.78. The molecule has 0 fully saturated rings. The lowest BCUT2D eigenvalue weighted by Gasteiger charge is -2.35. The Labute approximate surface area is 113 Å². The summed E-state index contributed by atoms with van der Waals surface area (Å²) in [4.78, 5) is 2.47. The topological polar surface area (TPSA) is 3.24 Å². The van der Waals surface area contributed by atoms with Gasteiger partial charge in [0.15, 0.2) is 0 Å². The second-order valence-electron chi connectivity index (χ2n) is 5.66. The van der Waals surface area contributed by atoms with E-state index in [0.29, 0.717) is 6.04 Å². The highest BCUT2D eigenvalue weighted by atomic mass is 15.1. The lowest BCUT2D eigenvalue weighted by atomic mass is 9.88. The molecule has 0 aliphatic carbocycles. The summed E-state index contributed by atoms with van der Waals surface area (Å²) in [5, 5.41) is 0. The zero-order chi connectivity index (χ0) is 13.7.